The van der Waals surface area contributed by atoms with Gasteiger partial charge in [0.15, 0.2) is 6.04 Å². The number of hydrogen-bond donors (Lipinski definition) is 7. The highest BCUT2D eigenvalue weighted by Crippen LogP contribution is 2.05. The third kappa shape index (κ3) is 10.7. The second-order valence-electron chi connectivity index (χ2n) is 6.16. The molecule has 0 heterocycles. The summed E-state index contributed by atoms with van der Waals surface area (Å²) in [6.45, 7) is 0.779. The molecule has 166 valence electrons. The van der Waals surface area contributed by atoms with Crippen LogP contribution in [0.2, 0.25) is 0 Å². The Bertz CT molecular complexity index is 601. The molecule has 0 aromatic heterocycles. The van der Waals surface area contributed by atoms with Crippen LogP contribution in [0.15, 0.2) is 0 Å². The van der Waals surface area contributed by atoms with E-state index in [1.54, 1.807) is 6.26 Å². The molecule has 0 aromatic carbocycles. The van der Waals surface area contributed by atoms with Crippen LogP contribution in [0.3, 0.4) is 0 Å². The van der Waals surface area contributed by atoms with Crippen molar-refractivity contribution in [2.24, 2.45) is 5.73 Å². The fourth-order valence-electron chi connectivity index (χ4n) is 2.21. The average Bonchev–Trinajstić information content (AvgIpc) is 2.64. The smallest absolute Gasteiger partial charge is 0.328 e. The van der Waals surface area contributed by atoms with Gasteiger partial charge in [-0.2, -0.15) is 11.8 Å². The Labute approximate surface area is 172 Å². The van der Waals surface area contributed by atoms with Crippen molar-refractivity contribution in [2.45, 2.75) is 50.4 Å². The van der Waals surface area contributed by atoms with Crippen LogP contribution < -0.4 is 21.7 Å². The van der Waals surface area contributed by atoms with Gasteiger partial charge in [0, 0.05) is 6.42 Å². The Morgan fingerprint density at radius 1 is 0.966 bits per heavy atom. The molecule has 0 rings (SSSR count). The lowest BCUT2D eigenvalue weighted by molar-refractivity contribution is -0.145. The summed E-state index contributed by atoms with van der Waals surface area (Å²) >= 11 is 1.38. The van der Waals surface area contributed by atoms with E-state index in [-0.39, 0.29) is 12.8 Å². The van der Waals surface area contributed by atoms with Gasteiger partial charge >= 0.3 is 11.9 Å². The molecule has 13 heteroatoms. The third-order valence-electron chi connectivity index (χ3n) is 3.77. The second kappa shape index (κ2) is 13.7. The lowest BCUT2D eigenvalue weighted by atomic mass is 10.1. The summed E-state index contributed by atoms with van der Waals surface area (Å²) in [6.07, 6.45) is -0.103. The number of carboxylic acid groups (broad SMARTS) is 2. The van der Waals surface area contributed by atoms with Crippen molar-refractivity contribution in [3.05, 3.63) is 0 Å². The van der Waals surface area contributed by atoms with E-state index in [9.17, 15) is 29.1 Å². The molecule has 0 aliphatic heterocycles. The van der Waals surface area contributed by atoms with Crippen molar-refractivity contribution in [3.8, 4) is 0 Å². The van der Waals surface area contributed by atoms with E-state index in [0.29, 0.717) is 5.75 Å². The summed E-state index contributed by atoms with van der Waals surface area (Å²) in [5.41, 5.74) is 5.20. The molecule has 0 saturated heterocycles. The zero-order valence-corrected chi connectivity index (χ0v) is 17.0. The first-order chi connectivity index (χ1) is 13.5. The van der Waals surface area contributed by atoms with Crippen molar-refractivity contribution < 1.29 is 39.3 Å². The number of carbonyl (C=O) groups is 5. The van der Waals surface area contributed by atoms with Crippen molar-refractivity contribution in [1.82, 2.24) is 16.0 Å². The monoisotopic (exact) mass is 436 g/mol. The summed E-state index contributed by atoms with van der Waals surface area (Å²) in [7, 11) is 0. The Kier molecular flexibility index (Phi) is 12.6. The molecular weight excluding hydrogens is 408 g/mol. The van der Waals surface area contributed by atoms with E-state index in [0.717, 1.165) is 0 Å². The van der Waals surface area contributed by atoms with E-state index >= 15 is 0 Å². The van der Waals surface area contributed by atoms with Crippen LogP contribution in [0.1, 0.15) is 26.2 Å². The molecule has 0 saturated carbocycles. The number of rotatable bonds is 14. The SMILES string of the molecule is CSCCC(NC(=O)C(CCC(=O)O)NC(=O)CN)C(=O)NC(C(=O)O)C(C)O. The maximum absolute atomic E-state index is 12.5. The zero-order valence-electron chi connectivity index (χ0n) is 16.2. The molecule has 4 atom stereocenters. The number of hydrogen-bond acceptors (Lipinski definition) is 8. The van der Waals surface area contributed by atoms with Gasteiger partial charge in [0.2, 0.25) is 17.7 Å². The Hall–Kier alpha value is -2.38. The zero-order chi connectivity index (χ0) is 22.6. The van der Waals surface area contributed by atoms with Crippen molar-refractivity contribution >= 4 is 41.4 Å². The molecule has 0 aliphatic carbocycles. The number of carboxylic acids is 2. The van der Waals surface area contributed by atoms with E-state index in [1.165, 1.54) is 18.7 Å². The molecule has 0 fully saturated rings. The third-order valence-corrected chi connectivity index (χ3v) is 4.42. The van der Waals surface area contributed by atoms with E-state index in [1.807, 2.05) is 0 Å². The van der Waals surface area contributed by atoms with Crippen molar-refractivity contribution in [3.63, 3.8) is 0 Å². The molecule has 0 bridgehead atoms. The maximum Gasteiger partial charge on any atom is 0.328 e. The predicted molar refractivity (Wildman–Crippen MR) is 104 cm³/mol. The number of carbonyl (C=O) groups excluding carboxylic acids is 3. The minimum absolute atomic E-state index is 0.140. The van der Waals surface area contributed by atoms with Gasteiger partial charge in [0.05, 0.1) is 12.6 Å². The van der Waals surface area contributed by atoms with Crippen LogP contribution in [0, 0.1) is 0 Å². The van der Waals surface area contributed by atoms with Crippen molar-refractivity contribution in [1.29, 1.82) is 0 Å². The van der Waals surface area contributed by atoms with Gasteiger partial charge in [-0.15, -0.1) is 0 Å². The first-order valence-corrected chi connectivity index (χ1v) is 10.1. The minimum atomic E-state index is -1.57. The minimum Gasteiger partial charge on any atom is -0.481 e. The normalized spacial score (nSPS) is 14.8. The molecule has 8 N–H and O–H groups in total. The summed E-state index contributed by atoms with van der Waals surface area (Å²) in [4.78, 5) is 58.5. The van der Waals surface area contributed by atoms with Gasteiger partial charge in [-0.25, -0.2) is 4.79 Å². The van der Waals surface area contributed by atoms with Crippen molar-refractivity contribution in [2.75, 3.05) is 18.6 Å². The number of aliphatic carboxylic acids is 2. The molecule has 12 nitrogen and oxygen atoms in total. The summed E-state index contributed by atoms with van der Waals surface area (Å²) in [5.74, 6) is -4.50. The number of amides is 3. The van der Waals surface area contributed by atoms with E-state index in [4.69, 9.17) is 15.9 Å². The van der Waals surface area contributed by atoms with E-state index in [2.05, 4.69) is 16.0 Å². The van der Waals surface area contributed by atoms with Gasteiger partial charge in [0.25, 0.3) is 0 Å². The summed E-state index contributed by atoms with van der Waals surface area (Å²) in [6, 6.07) is -3.97. The van der Waals surface area contributed by atoms with Crippen LogP contribution in [0.4, 0.5) is 0 Å². The topological polar surface area (TPSA) is 208 Å². The van der Waals surface area contributed by atoms with Crippen LogP contribution in [0.5, 0.6) is 0 Å². The summed E-state index contributed by atoms with van der Waals surface area (Å²) < 4.78 is 0. The molecule has 3 amide bonds. The summed E-state index contributed by atoms with van der Waals surface area (Å²) in [5, 5.41) is 34.3. The van der Waals surface area contributed by atoms with E-state index < -0.39 is 66.9 Å². The number of aliphatic hydroxyl groups excluding tert-OH is 1. The standard InChI is InChI=1S/C16H28N4O8S/c1-8(21)13(16(27)28)20-15(26)10(5-6-29-2)19-14(25)9(3-4-12(23)24)18-11(22)7-17/h8-10,13,21H,3-7,17H2,1-2H3,(H,18,22)(H,19,25)(H,20,26)(H,23,24)(H,27,28). The van der Waals surface area contributed by atoms with Gasteiger partial charge in [-0.3, -0.25) is 19.2 Å². The van der Waals surface area contributed by atoms with Gasteiger partial charge in [0.1, 0.15) is 12.1 Å². The molecule has 0 aromatic rings. The lowest BCUT2D eigenvalue weighted by Gasteiger charge is -2.25. The predicted octanol–water partition coefficient (Wildman–Crippen LogP) is -2.52. The fourth-order valence-corrected chi connectivity index (χ4v) is 2.68. The number of aliphatic hydroxyl groups is 1. The van der Waals surface area contributed by atoms with Crippen LogP contribution in [0.25, 0.3) is 0 Å². The highest BCUT2D eigenvalue weighted by atomic mass is 32.2. The first-order valence-electron chi connectivity index (χ1n) is 8.75. The Balaban J connectivity index is 5.32. The van der Waals surface area contributed by atoms with Crippen LogP contribution in [-0.2, 0) is 24.0 Å². The van der Waals surface area contributed by atoms with Gasteiger partial charge in [-0.1, -0.05) is 0 Å². The lowest BCUT2D eigenvalue weighted by Crippen LogP contribution is -2.57. The molecular formula is C16H28N4O8S. The average molecular weight is 436 g/mol. The first kappa shape index (κ1) is 26.6. The highest BCUT2D eigenvalue weighted by molar-refractivity contribution is 7.98. The Morgan fingerprint density at radius 3 is 1.97 bits per heavy atom. The number of nitrogens with one attached hydrogen (secondary N) is 3. The highest BCUT2D eigenvalue weighted by Gasteiger charge is 2.31. The largest absolute Gasteiger partial charge is 0.481 e. The molecule has 0 spiro atoms. The molecule has 0 radical (unpaired) electrons. The molecule has 29 heavy (non-hydrogen) atoms. The van der Waals surface area contributed by atoms with Gasteiger partial charge < -0.3 is 37.0 Å². The number of thioether (sulfide) groups is 1. The van der Waals surface area contributed by atoms with Crippen LogP contribution >= 0.6 is 11.8 Å². The Morgan fingerprint density at radius 2 is 1.52 bits per heavy atom. The quantitative estimate of drug-likeness (QED) is 0.152. The van der Waals surface area contributed by atoms with Crippen LogP contribution in [-0.4, -0.2) is 87.8 Å². The molecule has 0 aliphatic rings. The second-order valence-corrected chi connectivity index (χ2v) is 7.15. The van der Waals surface area contributed by atoms with Gasteiger partial charge in [-0.05, 0) is 31.8 Å². The number of nitrogens with two attached hydrogens (primary N) is 1. The fraction of sp³-hybridized carbons (Fsp3) is 0.688. The molecule has 4 unspecified atom stereocenters. The maximum atomic E-state index is 12.5.